The Bertz CT molecular complexity index is 2410. The number of phenols is 1. The van der Waals surface area contributed by atoms with Gasteiger partial charge in [0.25, 0.3) is 0 Å². The Kier molecular flexibility index (Phi) is 20.7. The maximum absolute atomic E-state index is 13.9. The van der Waals surface area contributed by atoms with Gasteiger partial charge < -0.3 is 58.5 Å². The number of carbonyl (C=O) groups is 3. The second kappa shape index (κ2) is 27.1. The highest BCUT2D eigenvalue weighted by Gasteiger charge is 2.29. The van der Waals surface area contributed by atoms with Crippen molar-refractivity contribution in [2.45, 2.75) is 64.5 Å². The average molecular weight is 963 g/mol. The summed E-state index contributed by atoms with van der Waals surface area (Å²) >= 11 is 4.71. The van der Waals surface area contributed by atoms with Crippen LogP contribution in [0.2, 0.25) is 0 Å². The number of aromatic nitrogens is 4. The van der Waals surface area contributed by atoms with Gasteiger partial charge in [-0.25, -0.2) is 4.68 Å². The van der Waals surface area contributed by atoms with Crippen LogP contribution in [0.5, 0.6) is 5.75 Å². The number of nitrogens with zero attached hydrogens (tertiary/aromatic N) is 4. The number of benzene rings is 3. The summed E-state index contributed by atoms with van der Waals surface area (Å²) in [6.07, 6.45) is 6.03. The van der Waals surface area contributed by atoms with Crippen molar-refractivity contribution in [3.63, 3.8) is 0 Å². The standard InChI is InChI=1S/C47H62N7O11PS/c1-60-66(59,67)65-23-9-3-2-8-20-48-43(56)16-17-45(58)53-34-36-10-4-5-11-38(36)47-46(39-12-6-7-13-42(39)53)51-52-54(47)22-25-62-27-29-64-31-30-63-28-26-61-24-19-44(57)49-21-18-35-33-50-41-15-14-37(55)32-40(35)41/h4-7,10-15,32-33,50,55H,2-3,8-9,16-31,34H2,1H3,(H,48,56)(H,49,57)(H,59,67)/p-1. The molecule has 3 aromatic carbocycles. The fourth-order valence-electron chi connectivity index (χ4n) is 7.55. The number of rotatable bonds is 30. The van der Waals surface area contributed by atoms with Crippen molar-refractivity contribution in [3.05, 3.63) is 84.1 Å². The monoisotopic (exact) mass is 962 g/mol. The van der Waals surface area contributed by atoms with E-state index in [0.29, 0.717) is 103 Å². The van der Waals surface area contributed by atoms with E-state index in [1.54, 1.807) is 17.0 Å². The molecule has 5 aromatic rings. The first-order valence-electron chi connectivity index (χ1n) is 22.7. The molecule has 6 rings (SSSR count). The van der Waals surface area contributed by atoms with E-state index in [-0.39, 0.29) is 49.3 Å². The number of aromatic amines is 1. The Hall–Kier alpha value is -5.08. The molecule has 0 radical (unpaired) electrons. The average Bonchev–Trinajstić information content (AvgIpc) is 3.93. The van der Waals surface area contributed by atoms with Crippen LogP contribution in [0.25, 0.3) is 33.4 Å². The van der Waals surface area contributed by atoms with Crippen molar-refractivity contribution in [1.29, 1.82) is 0 Å². The van der Waals surface area contributed by atoms with Gasteiger partial charge in [0, 0.05) is 67.7 Å². The zero-order valence-electron chi connectivity index (χ0n) is 38.0. The molecular weight excluding hydrogens is 902 g/mol. The number of anilines is 1. The SMILES string of the molecule is COP([O-])(=S)OCCCCCCNC(=O)CCC(=O)N1Cc2ccccc2-c2c(nnn2CCOCCOCCOCCOCCC(=O)NCCc2c[nH]c3ccc(O)cc23)-c2ccccc21. The summed E-state index contributed by atoms with van der Waals surface area (Å²) in [6.45, 7) is 1.62. The summed E-state index contributed by atoms with van der Waals surface area (Å²) in [4.78, 5) is 55.3. The lowest BCUT2D eigenvalue weighted by Crippen LogP contribution is -2.33. The van der Waals surface area contributed by atoms with Crippen LogP contribution in [0.4, 0.5) is 5.69 Å². The topological polar surface area (TPSA) is 224 Å². The number of fused-ring (bicyclic) bond motifs is 6. The van der Waals surface area contributed by atoms with Crippen LogP contribution in [0.15, 0.2) is 72.9 Å². The van der Waals surface area contributed by atoms with E-state index in [1.165, 1.54) is 7.11 Å². The van der Waals surface area contributed by atoms with Crippen LogP contribution in [0, 0.1) is 0 Å². The fourth-order valence-corrected chi connectivity index (χ4v) is 8.23. The molecule has 2 aromatic heterocycles. The number of H-pyrrole nitrogens is 1. The van der Waals surface area contributed by atoms with Gasteiger partial charge >= 0.3 is 0 Å². The molecule has 0 spiro atoms. The molecule has 0 saturated heterocycles. The summed E-state index contributed by atoms with van der Waals surface area (Å²) in [6, 6.07) is 20.7. The van der Waals surface area contributed by atoms with Crippen LogP contribution in [0.3, 0.4) is 0 Å². The molecule has 67 heavy (non-hydrogen) atoms. The van der Waals surface area contributed by atoms with Crippen LogP contribution in [-0.2, 0) is 73.7 Å². The van der Waals surface area contributed by atoms with Gasteiger partial charge in [0.05, 0.1) is 83.9 Å². The highest BCUT2D eigenvalue weighted by molar-refractivity contribution is 8.06. The molecule has 20 heteroatoms. The zero-order chi connectivity index (χ0) is 47.3. The smallest absolute Gasteiger partial charge is 0.227 e. The molecule has 0 aliphatic carbocycles. The molecule has 0 fully saturated rings. The highest BCUT2D eigenvalue weighted by atomic mass is 32.5. The lowest BCUT2D eigenvalue weighted by Gasteiger charge is -2.28. The van der Waals surface area contributed by atoms with E-state index in [4.69, 9.17) is 35.3 Å². The number of hydrogen-bond acceptors (Lipinski definition) is 14. The lowest BCUT2D eigenvalue weighted by molar-refractivity contribution is -0.204. The van der Waals surface area contributed by atoms with Crippen LogP contribution in [0.1, 0.15) is 56.1 Å². The van der Waals surface area contributed by atoms with Crippen LogP contribution < -0.4 is 20.4 Å². The third kappa shape index (κ3) is 16.0. The summed E-state index contributed by atoms with van der Waals surface area (Å²) < 4.78 is 34.3. The Labute approximate surface area is 395 Å². The van der Waals surface area contributed by atoms with E-state index in [2.05, 4.69) is 30.5 Å². The zero-order valence-corrected chi connectivity index (χ0v) is 39.7. The predicted octanol–water partition coefficient (Wildman–Crippen LogP) is 5.17. The molecule has 1 aliphatic heterocycles. The molecule has 0 saturated carbocycles. The molecule has 1 aliphatic rings. The number of hydrogen-bond donors (Lipinski definition) is 4. The Balaban J connectivity index is 0.850. The maximum Gasteiger partial charge on any atom is 0.227 e. The van der Waals surface area contributed by atoms with Crippen LogP contribution in [-0.4, -0.2) is 122 Å². The number of aromatic hydroxyl groups is 1. The van der Waals surface area contributed by atoms with Crippen molar-refractivity contribution in [3.8, 4) is 28.3 Å². The lowest BCUT2D eigenvalue weighted by atomic mass is 9.95. The molecule has 3 heterocycles. The number of nitrogens with one attached hydrogen (secondary N) is 3. The van der Waals surface area contributed by atoms with Gasteiger partial charge in [-0.15, -0.1) is 5.10 Å². The first kappa shape index (κ1) is 51.3. The number of phenolic OH excluding ortho intramolecular Hbond substituents is 1. The molecule has 4 N–H and O–H groups in total. The summed E-state index contributed by atoms with van der Waals surface area (Å²) in [5.41, 5.74) is 6.75. The maximum atomic E-state index is 13.9. The van der Waals surface area contributed by atoms with Gasteiger partial charge in [-0.3, -0.25) is 14.4 Å². The van der Waals surface area contributed by atoms with Crippen molar-refractivity contribution in [2.75, 3.05) is 84.6 Å². The molecule has 0 bridgehead atoms. The second-order valence-corrected chi connectivity index (χ2v) is 18.6. The second-order valence-electron chi connectivity index (χ2n) is 15.7. The predicted molar refractivity (Wildman–Crippen MR) is 255 cm³/mol. The van der Waals surface area contributed by atoms with Crippen molar-refractivity contribution in [1.82, 2.24) is 30.6 Å². The summed E-state index contributed by atoms with van der Waals surface area (Å²) in [7, 11) is 1.26. The largest absolute Gasteiger partial charge is 0.780 e. The minimum absolute atomic E-state index is 0.0378. The van der Waals surface area contributed by atoms with Crippen molar-refractivity contribution < 1.29 is 52.4 Å². The number of carbonyl (C=O) groups excluding carboxylic acids is 3. The van der Waals surface area contributed by atoms with E-state index in [9.17, 15) is 24.4 Å². The number of amides is 3. The van der Waals surface area contributed by atoms with Crippen molar-refractivity contribution in [2.24, 2.45) is 0 Å². The Morgan fingerprint density at radius 3 is 2.24 bits per heavy atom. The normalized spacial score (nSPS) is 13.0. The third-order valence-corrected chi connectivity index (χ3v) is 12.7. The van der Waals surface area contributed by atoms with E-state index in [1.807, 2.05) is 65.5 Å². The fraction of sp³-hybridized carbons (Fsp3) is 0.468. The molecular formula is C47H61N7O11PS-. The number of ether oxygens (including phenoxy) is 4. The minimum Gasteiger partial charge on any atom is -0.780 e. The van der Waals surface area contributed by atoms with Crippen LogP contribution >= 0.6 is 6.72 Å². The minimum atomic E-state index is -3.38. The summed E-state index contributed by atoms with van der Waals surface area (Å²) in [5.74, 6) is -0.239. The first-order chi connectivity index (χ1) is 32.6. The van der Waals surface area contributed by atoms with Gasteiger partial charge in [-0.1, -0.05) is 72.3 Å². The molecule has 362 valence electrons. The van der Waals surface area contributed by atoms with E-state index < -0.39 is 6.72 Å². The van der Waals surface area contributed by atoms with Crippen molar-refractivity contribution >= 4 is 52.8 Å². The van der Waals surface area contributed by atoms with Gasteiger partial charge in [0.1, 0.15) is 18.2 Å². The highest BCUT2D eigenvalue weighted by Crippen LogP contribution is 2.41. The van der Waals surface area contributed by atoms with Gasteiger partial charge in [-0.2, -0.15) is 0 Å². The van der Waals surface area contributed by atoms with E-state index >= 15 is 0 Å². The van der Waals surface area contributed by atoms with E-state index in [0.717, 1.165) is 58.1 Å². The summed E-state index contributed by atoms with van der Waals surface area (Å²) in [5, 5.41) is 25.7. The molecule has 3 amide bonds. The molecule has 18 nitrogen and oxygen atoms in total. The van der Waals surface area contributed by atoms with Gasteiger partial charge in [0.15, 0.2) is 0 Å². The molecule has 1 atom stereocenters. The third-order valence-electron chi connectivity index (χ3n) is 11.0. The Morgan fingerprint density at radius 1 is 0.791 bits per heavy atom. The number of para-hydroxylation sites is 1. The first-order valence-corrected chi connectivity index (χ1v) is 25.3. The number of unbranched alkanes of at least 4 members (excludes halogenated alkanes) is 3. The molecule has 1 unspecified atom stereocenters. The van der Waals surface area contributed by atoms with Gasteiger partial charge in [0.2, 0.25) is 17.7 Å². The Morgan fingerprint density at radius 2 is 1.46 bits per heavy atom. The van der Waals surface area contributed by atoms with Gasteiger partial charge in [-0.05, 0) is 54.7 Å². The quantitative estimate of drug-likeness (QED) is 0.0345.